The average molecular weight is 877 g/mol. The largest absolute Gasteiger partial charge is 0.453 e. The standard InChI is InChI=1S/C47H56N8O5S2/c1-8-11-36(39(26(2)3)52-46(57)59-6)54-20-9-12-37(54)43-48-23-35(51-43)29-16-14-28(15-17-29)31-24-61-42-32(25-62-41(31)42)30-18-19-33-34(22-30)50-44(49-33)38-13-10-21-55(38)45(56)40(27(4)5)53-47(58)60-7/h9,11-12,14-19,22-23,25-27,31,37-40H,8,10,13,20-21,24H2,1-7H3,(H,48,51)(H,49,50)(H,52,57)(H,53,58)/b36-11+. The van der Waals surface area contributed by atoms with E-state index in [1.165, 1.54) is 35.1 Å². The molecule has 2 aromatic carbocycles. The van der Waals surface area contributed by atoms with Crippen LogP contribution in [-0.4, -0.2) is 93.0 Å². The lowest BCUT2D eigenvalue weighted by molar-refractivity contribution is -0.135. The van der Waals surface area contributed by atoms with Gasteiger partial charge in [-0.2, -0.15) is 0 Å². The van der Waals surface area contributed by atoms with Crippen molar-refractivity contribution in [2.45, 2.75) is 88.9 Å². The quantitative estimate of drug-likeness (QED) is 0.0846. The highest BCUT2D eigenvalue weighted by Gasteiger charge is 2.38. The van der Waals surface area contributed by atoms with Gasteiger partial charge in [-0.1, -0.05) is 83.2 Å². The minimum atomic E-state index is -0.680. The topological polar surface area (TPSA) is 158 Å². The number of nitrogens with one attached hydrogen (secondary N) is 4. The number of aromatic nitrogens is 4. The number of imidazole rings is 2. The third-order valence-corrected chi connectivity index (χ3v) is 14.6. The number of alkyl carbamates (subject to hydrolysis) is 2. The number of nitrogens with zero attached hydrogens (tertiary/aromatic N) is 4. The number of likely N-dealkylation sites (tertiary alicyclic amines) is 1. The van der Waals surface area contributed by atoms with E-state index in [0.717, 1.165) is 76.8 Å². The molecule has 6 heterocycles. The third-order valence-electron chi connectivity index (χ3n) is 12.2. The van der Waals surface area contributed by atoms with Crippen LogP contribution in [0.3, 0.4) is 0 Å². The molecule has 3 aromatic heterocycles. The highest BCUT2D eigenvalue weighted by atomic mass is 32.2. The Bertz CT molecular complexity index is 2490. The summed E-state index contributed by atoms with van der Waals surface area (Å²) in [5.41, 5.74) is 8.55. The number of rotatable bonds is 13. The summed E-state index contributed by atoms with van der Waals surface area (Å²) in [6.07, 6.45) is 9.88. The van der Waals surface area contributed by atoms with Crippen LogP contribution >= 0.6 is 23.1 Å². The van der Waals surface area contributed by atoms with Crippen molar-refractivity contribution in [3.8, 4) is 22.4 Å². The van der Waals surface area contributed by atoms with Crippen LogP contribution in [0.5, 0.6) is 0 Å². The van der Waals surface area contributed by atoms with Crippen LogP contribution in [0.2, 0.25) is 0 Å². The van der Waals surface area contributed by atoms with Gasteiger partial charge in [0, 0.05) is 51.2 Å². The number of hydrogen-bond donors (Lipinski definition) is 4. The van der Waals surface area contributed by atoms with Gasteiger partial charge < -0.3 is 39.9 Å². The summed E-state index contributed by atoms with van der Waals surface area (Å²) in [7, 11) is 2.70. The van der Waals surface area contributed by atoms with Crippen molar-refractivity contribution in [1.29, 1.82) is 0 Å². The first-order valence-electron chi connectivity index (χ1n) is 21.5. The number of amides is 3. The first kappa shape index (κ1) is 43.1. The summed E-state index contributed by atoms with van der Waals surface area (Å²) >= 11 is 3.74. The van der Waals surface area contributed by atoms with E-state index in [4.69, 9.17) is 19.4 Å². The van der Waals surface area contributed by atoms with Gasteiger partial charge in [0.05, 0.1) is 49.2 Å². The molecule has 0 aliphatic carbocycles. The third kappa shape index (κ3) is 8.48. The fourth-order valence-electron chi connectivity index (χ4n) is 8.94. The van der Waals surface area contributed by atoms with E-state index in [0.29, 0.717) is 12.5 Å². The lowest BCUT2D eigenvalue weighted by atomic mass is 9.96. The molecule has 0 spiro atoms. The molecule has 3 aliphatic heterocycles. The number of carbonyl (C=O) groups excluding carboxylic acids is 3. The van der Waals surface area contributed by atoms with Crippen LogP contribution in [0.15, 0.2) is 82.9 Å². The molecule has 8 rings (SSSR count). The van der Waals surface area contributed by atoms with Crippen molar-refractivity contribution in [2.75, 3.05) is 33.1 Å². The Morgan fingerprint density at radius 2 is 1.66 bits per heavy atom. The number of thiophene rings is 1. The minimum Gasteiger partial charge on any atom is -0.453 e. The molecule has 0 radical (unpaired) electrons. The predicted molar refractivity (Wildman–Crippen MR) is 245 cm³/mol. The molecule has 1 saturated heterocycles. The van der Waals surface area contributed by atoms with E-state index in [9.17, 15) is 14.4 Å². The molecule has 4 N–H and O–H groups in total. The first-order chi connectivity index (χ1) is 30.0. The van der Waals surface area contributed by atoms with E-state index in [2.05, 4.69) is 112 Å². The Kier molecular flexibility index (Phi) is 12.8. The Morgan fingerprint density at radius 3 is 2.37 bits per heavy atom. The summed E-state index contributed by atoms with van der Waals surface area (Å²) in [5, 5.41) is 8.06. The average Bonchev–Trinajstić information content (AvgIpc) is 4.12. The fourth-order valence-corrected chi connectivity index (χ4v) is 11.9. The van der Waals surface area contributed by atoms with Gasteiger partial charge in [-0.3, -0.25) is 4.79 Å². The highest BCUT2D eigenvalue weighted by Crippen LogP contribution is 2.51. The molecule has 5 atom stereocenters. The number of hydrogen-bond acceptors (Lipinski definition) is 10. The predicted octanol–water partition coefficient (Wildman–Crippen LogP) is 9.55. The molecule has 3 aliphatic rings. The Morgan fingerprint density at radius 1 is 0.935 bits per heavy atom. The SMILES string of the molecule is CC/C=C(\C(NC(=O)OC)C(C)C)N1CC=CC1c1ncc(-c2ccc(C3CSc4c(-c5ccc6nc(C7CCCN7C(=O)C(NC(=O)OC)C(C)C)[nH]c6c5)csc43)cc2)[nH]1. The van der Waals surface area contributed by atoms with Gasteiger partial charge in [0.2, 0.25) is 5.91 Å². The van der Waals surface area contributed by atoms with Crippen molar-refractivity contribution in [2.24, 2.45) is 11.8 Å². The Hall–Kier alpha value is -5.54. The first-order valence-corrected chi connectivity index (χ1v) is 23.4. The lowest BCUT2D eigenvalue weighted by Gasteiger charge is -2.35. The zero-order valence-corrected chi connectivity index (χ0v) is 38.0. The second-order valence-electron chi connectivity index (χ2n) is 16.8. The van der Waals surface area contributed by atoms with Crippen molar-refractivity contribution in [3.05, 3.63) is 100 Å². The molecule has 62 heavy (non-hydrogen) atoms. The summed E-state index contributed by atoms with van der Waals surface area (Å²) in [5.74, 6) is 2.84. The molecule has 326 valence electrons. The second kappa shape index (κ2) is 18.4. The number of carbonyl (C=O) groups is 3. The van der Waals surface area contributed by atoms with Crippen LogP contribution in [-0.2, 0) is 14.3 Å². The number of methoxy groups -OCH3 is 2. The van der Waals surface area contributed by atoms with Gasteiger partial charge in [-0.05, 0) is 59.9 Å². The smallest absolute Gasteiger partial charge is 0.407 e. The number of thioether (sulfide) groups is 1. The normalized spacial score (nSPS) is 19.7. The van der Waals surface area contributed by atoms with Gasteiger partial charge in [0.1, 0.15) is 23.7 Å². The number of aromatic amines is 2. The minimum absolute atomic E-state index is 0.0892. The molecule has 1 fully saturated rings. The van der Waals surface area contributed by atoms with Crippen LogP contribution in [0.4, 0.5) is 9.59 Å². The van der Waals surface area contributed by atoms with Crippen LogP contribution in [0.1, 0.15) is 94.0 Å². The van der Waals surface area contributed by atoms with E-state index in [-0.39, 0.29) is 35.9 Å². The van der Waals surface area contributed by atoms with Crippen molar-refractivity contribution >= 4 is 52.2 Å². The van der Waals surface area contributed by atoms with E-state index < -0.39 is 18.2 Å². The second-order valence-corrected chi connectivity index (χ2v) is 18.8. The van der Waals surface area contributed by atoms with Crippen LogP contribution in [0.25, 0.3) is 33.4 Å². The molecule has 13 nitrogen and oxygen atoms in total. The molecular formula is C47H56N8O5S2. The van der Waals surface area contributed by atoms with Crippen LogP contribution < -0.4 is 10.6 Å². The van der Waals surface area contributed by atoms with E-state index in [1.54, 1.807) is 0 Å². The lowest BCUT2D eigenvalue weighted by Crippen LogP contribution is -2.51. The van der Waals surface area contributed by atoms with Gasteiger partial charge in [-0.15, -0.1) is 23.1 Å². The number of ether oxygens (including phenoxy) is 2. The number of allylic oxidation sites excluding steroid dienone is 1. The summed E-state index contributed by atoms with van der Waals surface area (Å²) in [4.78, 5) is 61.9. The molecule has 5 unspecified atom stereocenters. The maximum atomic E-state index is 13.7. The Labute approximate surface area is 371 Å². The molecule has 3 amide bonds. The van der Waals surface area contributed by atoms with E-state index >= 15 is 0 Å². The summed E-state index contributed by atoms with van der Waals surface area (Å²) in [6.45, 7) is 11.5. The van der Waals surface area contributed by atoms with Gasteiger partial charge >= 0.3 is 12.2 Å². The van der Waals surface area contributed by atoms with Crippen molar-refractivity contribution in [3.63, 3.8) is 0 Å². The molecular weight excluding hydrogens is 821 g/mol. The maximum absolute atomic E-state index is 13.7. The van der Waals surface area contributed by atoms with Gasteiger partial charge in [0.25, 0.3) is 0 Å². The number of benzene rings is 2. The van der Waals surface area contributed by atoms with Gasteiger partial charge in [-0.25, -0.2) is 19.6 Å². The zero-order valence-electron chi connectivity index (χ0n) is 36.4. The summed E-state index contributed by atoms with van der Waals surface area (Å²) < 4.78 is 9.76. The summed E-state index contributed by atoms with van der Waals surface area (Å²) in [6, 6.07) is 14.1. The zero-order chi connectivity index (χ0) is 43.7. The number of H-pyrrole nitrogens is 2. The number of fused-ring (bicyclic) bond motifs is 2. The molecule has 15 heteroatoms. The molecule has 5 aromatic rings. The highest BCUT2D eigenvalue weighted by molar-refractivity contribution is 8.00. The van der Waals surface area contributed by atoms with Gasteiger partial charge in [0.15, 0.2) is 0 Å². The molecule has 0 saturated carbocycles. The Balaban J connectivity index is 0.965. The van der Waals surface area contributed by atoms with E-state index in [1.807, 2.05) is 48.0 Å². The van der Waals surface area contributed by atoms with Crippen LogP contribution in [0, 0.1) is 11.8 Å². The molecule has 0 bridgehead atoms. The van der Waals surface area contributed by atoms with Crippen molar-refractivity contribution < 1.29 is 23.9 Å². The fraction of sp³-hybridized carbons (Fsp3) is 0.426. The monoisotopic (exact) mass is 876 g/mol. The van der Waals surface area contributed by atoms with Crippen molar-refractivity contribution in [1.82, 2.24) is 40.4 Å². The maximum Gasteiger partial charge on any atom is 0.407 e.